The molecule has 0 spiro atoms. The number of nitriles is 1. The minimum atomic E-state index is -1.20. The van der Waals surface area contributed by atoms with Crippen LogP contribution in [-0.4, -0.2) is 44.5 Å². The fraction of sp³-hybridized carbons (Fsp3) is 0.500. The molecule has 0 aromatic carbocycles. The summed E-state index contributed by atoms with van der Waals surface area (Å²) < 4.78 is 6.37. The van der Waals surface area contributed by atoms with E-state index in [0.717, 1.165) is 4.57 Å². The second-order valence-corrected chi connectivity index (χ2v) is 4.58. The Morgan fingerprint density at radius 1 is 1.67 bits per heavy atom. The zero-order chi connectivity index (χ0) is 15.6. The van der Waals surface area contributed by atoms with Gasteiger partial charge in [0.25, 0.3) is 0 Å². The Hall–Kier alpha value is -2.28. The van der Waals surface area contributed by atoms with E-state index in [4.69, 9.17) is 15.1 Å². The molecule has 1 aromatic rings. The molecule has 9 nitrogen and oxygen atoms in total. The van der Waals surface area contributed by atoms with E-state index in [1.54, 1.807) is 0 Å². The normalized spacial score (nSPS) is 28.1. The van der Waals surface area contributed by atoms with Crippen LogP contribution in [-0.2, 0) is 9.53 Å². The van der Waals surface area contributed by atoms with Crippen LogP contribution in [0, 0.1) is 17.2 Å². The van der Waals surface area contributed by atoms with Gasteiger partial charge in [-0.15, -0.1) is 0 Å². The van der Waals surface area contributed by atoms with Crippen molar-refractivity contribution in [2.24, 2.45) is 5.92 Å². The highest BCUT2D eigenvalue weighted by Crippen LogP contribution is 2.33. The molecule has 0 bridgehead atoms. The van der Waals surface area contributed by atoms with E-state index in [-0.39, 0.29) is 11.7 Å². The monoisotopic (exact) mass is 294 g/mol. The molecule has 2 heterocycles. The fourth-order valence-corrected chi connectivity index (χ4v) is 2.13. The average Bonchev–Trinajstić information content (AvgIpc) is 2.74. The molecule has 1 fully saturated rings. The van der Waals surface area contributed by atoms with E-state index in [0.29, 0.717) is 0 Å². The molecule has 9 heteroatoms. The van der Waals surface area contributed by atoms with Crippen molar-refractivity contribution in [2.45, 2.75) is 25.4 Å². The van der Waals surface area contributed by atoms with Gasteiger partial charge in [-0.2, -0.15) is 10.2 Å². The predicted molar refractivity (Wildman–Crippen MR) is 68.9 cm³/mol. The summed E-state index contributed by atoms with van der Waals surface area (Å²) >= 11 is 0. The zero-order valence-corrected chi connectivity index (χ0v) is 11.1. The Kier molecular flexibility index (Phi) is 4.32. The molecule has 0 saturated carbocycles. The molecule has 1 saturated heterocycles. The van der Waals surface area contributed by atoms with Crippen LogP contribution in [0.3, 0.4) is 0 Å². The van der Waals surface area contributed by atoms with Crippen LogP contribution < -0.4 is 11.0 Å². The lowest BCUT2D eigenvalue weighted by molar-refractivity contribution is -0.114. The summed E-state index contributed by atoms with van der Waals surface area (Å²) in [5.41, 5.74) is -0.739. The molecule has 4 atom stereocenters. The van der Waals surface area contributed by atoms with E-state index in [2.05, 4.69) is 10.3 Å². The summed E-state index contributed by atoms with van der Waals surface area (Å²) in [6.45, 7) is 0.809. The standard InChI is InChI=1S/C12H14N4O5/c1-6(18)14-9-2-3-16(12(20)15-9)11-7(4-13)10(19)8(5-17)21-11/h2-3,7-8,10-11,17,19H,5H2,1H3,(H,14,15,18,20)/t7?,8-,10-,11-/m1/s1. The van der Waals surface area contributed by atoms with Gasteiger partial charge in [0.15, 0.2) is 6.23 Å². The number of amides is 1. The van der Waals surface area contributed by atoms with Gasteiger partial charge in [0.2, 0.25) is 5.91 Å². The number of aromatic nitrogens is 2. The molecular weight excluding hydrogens is 280 g/mol. The lowest BCUT2D eigenvalue weighted by Gasteiger charge is -2.16. The van der Waals surface area contributed by atoms with E-state index in [1.807, 2.05) is 6.07 Å². The van der Waals surface area contributed by atoms with Crippen LogP contribution in [0.2, 0.25) is 0 Å². The first kappa shape index (κ1) is 15.1. The first-order valence-electron chi connectivity index (χ1n) is 6.18. The first-order valence-corrected chi connectivity index (χ1v) is 6.18. The molecular formula is C12H14N4O5. The number of rotatable bonds is 3. The largest absolute Gasteiger partial charge is 0.394 e. The first-order chi connectivity index (χ1) is 9.97. The van der Waals surface area contributed by atoms with Gasteiger partial charge >= 0.3 is 5.69 Å². The van der Waals surface area contributed by atoms with Gasteiger partial charge in [-0.1, -0.05) is 0 Å². The van der Waals surface area contributed by atoms with Gasteiger partial charge in [-0.3, -0.25) is 9.36 Å². The SMILES string of the molecule is CC(=O)Nc1ccn([C@@H]2O[C@H](CO)[C@H](O)C2C#N)c(=O)n1. The molecule has 1 amide bonds. The van der Waals surface area contributed by atoms with Gasteiger partial charge < -0.3 is 20.3 Å². The molecule has 1 aromatic heterocycles. The zero-order valence-electron chi connectivity index (χ0n) is 11.1. The summed E-state index contributed by atoms with van der Waals surface area (Å²) in [6.07, 6.45) is -1.88. The van der Waals surface area contributed by atoms with Crippen LogP contribution >= 0.6 is 0 Å². The Labute approximate surface area is 119 Å². The molecule has 1 unspecified atom stereocenters. The molecule has 112 valence electrons. The fourth-order valence-electron chi connectivity index (χ4n) is 2.13. The molecule has 0 aliphatic carbocycles. The summed E-state index contributed by atoms with van der Waals surface area (Å²) in [7, 11) is 0. The Morgan fingerprint density at radius 2 is 2.38 bits per heavy atom. The quantitative estimate of drug-likeness (QED) is 0.622. The Morgan fingerprint density at radius 3 is 2.90 bits per heavy atom. The van der Waals surface area contributed by atoms with E-state index in [9.17, 15) is 14.7 Å². The number of nitrogens with zero attached hydrogens (tertiary/aromatic N) is 3. The van der Waals surface area contributed by atoms with Crippen LogP contribution in [0.1, 0.15) is 13.2 Å². The van der Waals surface area contributed by atoms with Gasteiger partial charge in [-0.05, 0) is 6.07 Å². The van der Waals surface area contributed by atoms with Gasteiger partial charge in [-0.25, -0.2) is 4.79 Å². The van der Waals surface area contributed by atoms with Crippen molar-refractivity contribution in [3.8, 4) is 6.07 Å². The molecule has 0 radical (unpaired) electrons. The number of carbonyl (C=O) groups excluding carboxylic acids is 1. The van der Waals surface area contributed by atoms with Crippen molar-refractivity contribution in [1.82, 2.24) is 9.55 Å². The van der Waals surface area contributed by atoms with E-state index < -0.39 is 36.7 Å². The highest BCUT2D eigenvalue weighted by Gasteiger charge is 2.45. The van der Waals surface area contributed by atoms with Crippen molar-refractivity contribution in [1.29, 1.82) is 5.26 Å². The molecule has 3 N–H and O–H groups in total. The van der Waals surface area contributed by atoms with E-state index in [1.165, 1.54) is 19.2 Å². The van der Waals surface area contributed by atoms with E-state index >= 15 is 0 Å². The number of hydrogen-bond donors (Lipinski definition) is 3. The number of aliphatic hydroxyl groups excluding tert-OH is 2. The van der Waals surface area contributed by atoms with Gasteiger partial charge in [0, 0.05) is 13.1 Å². The predicted octanol–water partition coefficient (Wildman–Crippen LogP) is -1.41. The van der Waals surface area contributed by atoms with Gasteiger partial charge in [0.05, 0.1) is 12.7 Å². The van der Waals surface area contributed by atoms with Crippen LogP contribution in [0.5, 0.6) is 0 Å². The van der Waals surface area contributed by atoms with Gasteiger partial charge in [0.1, 0.15) is 23.9 Å². The Balaban J connectivity index is 2.32. The van der Waals surface area contributed by atoms with Crippen molar-refractivity contribution in [3.63, 3.8) is 0 Å². The number of ether oxygens (including phenoxy) is 1. The minimum Gasteiger partial charge on any atom is -0.394 e. The highest BCUT2D eigenvalue weighted by molar-refractivity contribution is 5.87. The second-order valence-electron chi connectivity index (χ2n) is 4.58. The third-order valence-electron chi connectivity index (χ3n) is 3.11. The van der Waals surface area contributed by atoms with Crippen molar-refractivity contribution < 1.29 is 19.7 Å². The summed E-state index contributed by atoms with van der Waals surface area (Å²) in [6, 6.07) is 3.23. The average molecular weight is 294 g/mol. The third kappa shape index (κ3) is 2.92. The summed E-state index contributed by atoms with van der Waals surface area (Å²) in [4.78, 5) is 26.5. The minimum absolute atomic E-state index is 0.0783. The number of carbonyl (C=O) groups is 1. The van der Waals surface area contributed by atoms with Crippen LogP contribution in [0.25, 0.3) is 0 Å². The van der Waals surface area contributed by atoms with Crippen LogP contribution in [0.15, 0.2) is 17.1 Å². The maximum Gasteiger partial charge on any atom is 0.351 e. The second kappa shape index (κ2) is 6.01. The molecule has 21 heavy (non-hydrogen) atoms. The summed E-state index contributed by atoms with van der Waals surface area (Å²) in [5.74, 6) is -1.30. The Bertz CT molecular complexity index is 637. The maximum absolute atomic E-state index is 11.9. The number of aliphatic hydroxyl groups is 2. The smallest absolute Gasteiger partial charge is 0.351 e. The van der Waals surface area contributed by atoms with Crippen molar-refractivity contribution in [2.75, 3.05) is 11.9 Å². The number of anilines is 1. The molecule has 1 aliphatic rings. The maximum atomic E-state index is 11.9. The highest BCUT2D eigenvalue weighted by atomic mass is 16.5. The van der Waals surface area contributed by atoms with Crippen molar-refractivity contribution in [3.05, 3.63) is 22.7 Å². The number of nitrogens with one attached hydrogen (secondary N) is 1. The molecule has 2 rings (SSSR count). The lowest BCUT2D eigenvalue weighted by atomic mass is 10.0. The topological polar surface area (TPSA) is 137 Å². The lowest BCUT2D eigenvalue weighted by Crippen LogP contribution is -2.31. The van der Waals surface area contributed by atoms with Crippen LogP contribution in [0.4, 0.5) is 5.82 Å². The molecule has 1 aliphatic heterocycles. The third-order valence-corrected chi connectivity index (χ3v) is 3.11. The number of hydrogen-bond acceptors (Lipinski definition) is 7. The van der Waals surface area contributed by atoms with Crippen molar-refractivity contribution >= 4 is 11.7 Å². The summed E-state index contributed by atoms with van der Waals surface area (Å²) in [5, 5.41) is 30.4.